The van der Waals surface area contributed by atoms with Crippen molar-refractivity contribution in [1.29, 1.82) is 0 Å². The van der Waals surface area contributed by atoms with E-state index in [0.717, 1.165) is 16.9 Å². The summed E-state index contributed by atoms with van der Waals surface area (Å²) in [6, 6.07) is 7.96. The molecule has 0 unspecified atom stereocenters. The SMILES string of the molecule is CCc1ccc(-c2nc(C(=O)NNC(=O)CCN3C(=O)CCC3=O)cs2)cc1. The zero-order valence-electron chi connectivity index (χ0n) is 15.4. The van der Waals surface area contributed by atoms with E-state index in [4.69, 9.17) is 0 Å². The van der Waals surface area contributed by atoms with Gasteiger partial charge < -0.3 is 0 Å². The Kier molecular flexibility index (Phi) is 6.15. The standard InChI is InChI=1S/C19H20N4O4S/c1-2-12-3-5-13(6-4-12)19-20-14(11-28-19)18(27)22-21-15(24)9-10-23-16(25)7-8-17(23)26/h3-6,11H,2,7-10H2,1H3,(H,21,24)(H,22,27). The maximum Gasteiger partial charge on any atom is 0.289 e. The van der Waals surface area contributed by atoms with Gasteiger partial charge in [0.15, 0.2) is 0 Å². The maximum atomic E-state index is 12.2. The molecule has 1 aromatic heterocycles. The lowest BCUT2D eigenvalue weighted by Gasteiger charge is -2.13. The molecule has 28 heavy (non-hydrogen) atoms. The molecule has 0 saturated carbocycles. The van der Waals surface area contributed by atoms with Crippen LogP contribution in [0.5, 0.6) is 0 Å². The van der Waals surface area contributed by atoms with Crippen molar-refractivity contribution < 1.29 is 19.2 Å². The molecule has 1 aliphatic heterocycles. The van der Waals surface area contributed by atoms with E-state index in [2.05, 4.69) is 22.8 Å². The first kappa shape index (κ1) is 19.7. The molecule has 4 amide bonds. The molecule has 1 aliphatic rings. The van der Waals surface area contributed by atoms with Crippen LogP contribution in [0.15, 0.2) is 29.6 Å². The molecule has 2 aromatic rings. The lowest BCUT2D eigenvalue weighted by atomic mass is 10.1. The molecular weight excluding hydrogens is 380 g/mol. The van der Waals surface area contributed by atoms with Crippen molar-refractivity contribution >= 4 is 35.0 Å². The molecule has 9 heteroatoms. The number of hydrazine groups is 1. The largest absolute Gasteiger partial charge is 0.289 e. The van der Waals surface area contributed by atoms with Crippen LogP contribution in [0.3, 0.4) is 0 Å². The monoisotopic (exact) mass is 400 g/mol. The summed E-state index contributed by atoms with van der Waals surface area (Å²) in [5.74, 6) is -1.58. The van der Waals surface area contributed by atoms with E-state index in [1.54, 1.807) is 5.38 Å². The number of likely N-dealkylation sites (tertiary alicyclic amines) is 1. The third-order valence-corrected chi connectivity index (χ3v) is 5.27. The van der Waals surface area contributed by atoms with Crippen LogP contribution in [-0.2, 0) is 20.8 Å². The quantitative estimate of drug-likeness (QED) is 0.566. The Labute approximate surface area is 165 Å². The molecule has 2 N–H and O–H groups in total. The number of nitrogens with zero attached hydrogens (tertiary/aromatic N) is 2. The molecule has 146 valence electrons. The number of imide groups is 1. The number of benzene rings is 1. The number of hydrogen-bond acceptors (Lipinski definition) is 6. The Morgan fingerprint density at radius 1 is 1.11 bits per heavy atom. The van der Waals surface area contributed by atoms with Crippen LogP contribution in [0.25, 0.3) is 10.6 Å². The highest BCUT2D eigenvalue weighted by molar-refractivity contribution is 7.13. The van der Waals surface area contributed by atoms with Crippen LogP contribution in [-0.4, -0.2) is 40.1 Å². The molecular formula is C19H20N4O4S. The van der Waals surface area contributed by atoms with Gasteiger partial charge in [-0.3, -0.25) is 34.9 Å². The number of rotatable bonds is 6. The van der Waals surface area contributed by atoms with Gasteiger partial charge in [0.1, 0.15) is 10.7 Å². The average Bonchev–Trinajstić information content (AvgIpc) is 3.32. The fourth-order valence-corrected chi connectivity index (χ4v) is 3.54. The Hall–Kier alpha value is -3.07. The van der Waals surface area contributed by atoms with Gasteiger partial charge in [0.05, 0.1) is 0 Å². The number of aromatic nitrogens is 1. The first-order valence-corrected chi connectivity index (χ1v) is 9.83. The van der Waals surface area contributed by atoms with Crippen LogP contribution in [0.1, 0.15) is 42.2 Å². The minimum atomic E-state index is -0.533. The average molecular weight is 400 g/mol. The fourth-order valence-electron chi connectivity index (χ4n) is 2.73. The van der Waals surface area contributed by atoms with Crippen molar-refractivity contribution in [2.24, 2.45) is 0 Å². The van der Waals surface area contributed by atoms with Crippen molar-refractivity contribution in [1.82, 2.24) is 20.7 Å². The van der Waals surface area contributed by atoms with E-state index in [9.17, 15) is 19.2 Å². The number of carbonyl (C=O) groups excluding carboxylic acids is 4. The summed E-state index contributed by atoms with van der Waals surface area (Å²) in [5.41, 5.74) is 6.91. The van der Waals surface area contributed by atoms with Crippen molar-refractivity contribution in [3.63, 3.8) is 0 Å². The number of carbonyl (C=O) groups is 4. The van der Waals surface area contributed by atoms with Crippen molar-refractivity contribution in [2.45, 2.75) is 32.6 Å². The number of aryl methyl sites for hydroxylation is 1. The van der Waals surface area contributed by atoms with E-state index in [0.29, 0.717) is 5.01 Å². The van der Waals surface area contributed by atoms with Gasteiger partial charge in [0.25, 0.3) is 5.91 Å². The molecule has 0 atom stereocenters. The second kappa shape index (κ2) is 8.75. The summed E-state index contributed by atoms with van der Waals surface area (Å²) in [6.45, 7) is 2.09. The number of nitrogens with one attached hydrogen (secondary N) is 2. The second-order valence-electron chi connectivity index (χ2n) is 6.28. The maximum absolute atomic E-state index is 12.2. The van der Waals surface area contributed by atoms with Crippen molar-refractivity contribution in [2.75, 3.05) is 6.54 Å². The summed E-state index contributed by atoms with van der Waals surface area (Å²) >= 11 is 1.34. The highest BCUT2D eigenvalue weighted by atomic mass is 32.1. The van der Waals surface area contributed by atoms with Crippen LogP contribution in [0, 0.1) is 0 Å². The normalized spacial score (nSPS) is 13.7. The zero-order chi connectivity index (χ0) is 20.1. The molecule has 1 saturated heterocycles. The van der Waals surface area contributed by atoms with Gasteiger partial charge >= 0.3 is 0 Å². The first-order chi connectivity index (χ1) is 13.5. The Morgan fingerprint density at radius 2 is 1.79 bits per heavy atom. The third kappa shape index (κ3) is 4.61. The molecule has 0 aliphatic carbocycles. The third-order valence-electron chi connectivity index (χ3n) is 4.38. The summed E-state index contributed by atoms with van der Waals surface area (Å²) in [4.78, 5) is 52.4. The second-order valence-corrected chi connectivity index (χ2v) is 7.14. The predicted octanol–water partition coefficient (Wildman–Crippen LogP) is 1.67. The molecule has 1 aromatic carbocycles. The minimum absolute atomic E-state index is 0.00791. The van der Waals surface area contributed by atoms with Gasteiger partial charge in [-0.25, -0.2) is 4.98 Å². The van der Waals surface area contributed by atoms with Crippen LogP contribution in [0.2, 0.25) is 0 Å². The molecule has 2 heterocycles. The van der Waals surface area contributed by atoms with Gasteiger partial charge in [-0.1, -0.05) is 31.2 Å². The van der Waals surface area contributed by atoms with E-state index in [-0.39, 0.29) is 43.3 Å². The number of hydrogen-bond donors (Lipinski definition) is 2. The van der Waals surface area contributed by atoms with Gasteiger partial charge in [-0.2, -0.15) is 0 Å². The van der Waals surface area contributed by atoms with Crippen molar-refractivity contribution in [3.8, 4) is 10.6 Å². The van der Waals surface area contributed by atoms with Gasteiger partial charge in [-0.05, 0) is 12.0 Å². The molecule has 0 spiro atoms. The highest BCUT2D eigenvalue weighted by Gasteiger charge is 2.28. The topological polar surface area (TPSA) is 108 Å². The smallest absolute Gasteiger partial charge is 0.282 e. The summed E-state index contributed by atoms with van der Waals surface area (Å²) < 4.78 is 0. The van der Waals surface area contributed by atoms with E-state index in [1.807, 2.05) is 24.3 Å². The Morgan fingerprint density at radius 3 is 2.43 bits per heavy atom. The molecule has 3 rings (SSSR count). The summed E-state index contributed by atoms with van der Waals surface area (Å²) in [5, 5.41) is 2.33. The lowest BCUT2D eigenvalue weighted by Crippen LogP contribution is -2.43. The van der Waals surface area contributed by atoms with Crippen LogP contribution < -0.4 is 10.9 Å². The van der Waals surface area contributed by atoms with Gasteiger partial charge in [0, 0.05) is 36.8 Å². The minimum Gasteiger partial charge on any atom is -0.282 e. The highest BCUT2D eigenvalue weighted by Crippen LogP contribution is 2.24. The molecule has 8 nitrogen and oxygen atoms in total. The van der Waals surface area contributed by atoms with Gasteiger partial charge in [0.2, 0.25) is 17.7 Å². The van der Waals surface area contributed by atoms with E-state index < -0.39 is 11.8 Å². The van der Waals surface area contributed by atoms with Crippen LogP contribution in [0.4, 0.5) is 0 Å². The molecule has 0 bridgehead atoms. The predicted molar refractivity (Wildman–Crippen MR) is 103 cm³/mol. The molecule has 0 radical (unpaired) electrons. The number of amides is 4. The van der Waals surface area contributed by atoms with Crippen molar-refractivity contribution in [3.05, 3.63) is 40.9 Å². The summed E-state index contributed by atoms with van der Waals surface area (Å²) in [7, 11) is 0. The summed E-state index contributed by atoms with van der Waals surface area (Å²) in [6.07, 6.45) is 1.24. The number of thiazole rings is 1. The fraction of sp³-hybridized carbons (Fsp3) is 0.316. The van der Waals surface area contributed by atoms with E-state index >= 15 is 0 Å². The zero-order valence-corrected chi connectivity index (χ0v) is 16.2. The van der Waals surface area contributed by atoms with Gasteiger partial charge in [-0.15, -0.1) is 11.3 Å². The first-order valence-electron chi connectivity index (χ1n) is 8.95. The Balaban J connectivity index is 1.49. The van der Waals surface area contributed by atoms with Crippen LogP contribution >= 0.6 is 11.3 Å². The molecule has 1 fully saturated rings. The van der Waals surface area contributed by atoms with E-state index in [1.165, 1.54) is 16.9 Å². The Bertz CT molecular complexity index is 891. The lowest BCUT2D eigenvalue weighted by molar-refractivity contribution is -0.138.